The van der Waals surface area contributed by atoms with Crippen LogP contribution in [-0.4, -0.2) is 12.9 Å². The van der Waals surface area contributed by atoms with Crippen LogP contribution in [0.1, 0.15) is 44.1 Å². The van der Waals surface area contributed by atoms with Gasteiger partial charge in [-0.2, -0.15) is 0 Å². The molecule has 0 radical (unpaired) electrons. The maximum absolute atomic E-state index is 12.4. The molecule has 3 heteroatoms. The van der Waals surface area contributed by atoms with Crippen LogP contribution in [0.2, 0.25) is 5.02 Å². The van der Waals surface area contributed by atoms with E-state index in [1.54, 1.807) is 13.2 Å². The predicted molar refractivity (Wildman–Crippen MR) is 77.9 cm³/mol. The van der Waals surface area contributed by atoms with Crippen molar-refractivity contribution < 1.29 is 9.53 Å². The Labute approximate surface area is 120 Å². The first-order valence-corrected chi connectivity index (χ1v) is 7.43. The largest absolute Gasteiger partial charge is 0.496 e. The van der Waals surface area contributed by atoms with Gasteiger partial charge in [-0.05, 0) is 31.0 Å². The topological polar surface area (TPSA) is 26.3 Å². The van der Waals surface area contributed by atoms with Crippen LogP contribution in [0, 0.1) is 5.92 Å². The number of benzene rings is 1. The lowest BCUT2D eigenvalue weighted by Crippen LogP contribution is -2.16. The molecule has 0 aliphatic heterocycles. The highest BCUT2D eigenvalue weighted by atomic mass is 35.5. The number of carbonyl (C=O) groups is 1. The first kappa shape index (κ1) is 14.4. The highest BCUT2D eigenvalue weighted by molar-refractivity contribution is 6.30. The quantitative estimate of drug-likeness (QED) is 0.763. The van der Waals surface area contributed by atoms with Gasteiger partial charge in [0.25, 0.3) is 0 Å². The Kier molecular flexibility index (Phi) is 5.26. The Morgan fingerprint density at radius 2 is 1.95 bits per heavy atom. The van der Waals surface area contributed by atoms with E-state index in [2.05, 4.69) is 0 Å². The molecule has 1 aromatic rings. The minimum Gasteiger partial charge on any atom is -0.496 e. The molecule has 1 aliphatic rings. The zero-order valence-electron chi connectivity index (χ0n) is 11.5. The minimum absolute atomic E-state index is 0.228. The second-order valence-corrected chi connectivity index (χ2v) is 5.72. The van der Waals surface area contributed by atoms with Gasteiger partial charge in [0, 0.05) is 22.9 Å². The van der Waals surface area contributed by atoms with Gasteiger partial charge in [-0.3, -0.25) is 4.79 Å². The minimum atomic E-state index is 0.228. The summed E-state index contributed by atoms with van der Waals surface area (Å²) < 4.78 is 5.30. The van der Waals surface area contributed by atoms with Gasteiger partial charge >= 0.3 is 0 Å². The smallest absolute Gasteiger partial charge is 0.140 e. The molecule has 1 fully saturated rings. The number of carbonyl (C=O) groups excluding carboxylic acids is 1. The molecule has 1 aliphatic carbocycles. The van der Waals surface area contributed by atoms with Gasteiger partial charge in [0.05, 0.1) is 7.11 Å². The lowest BCUT2D eigenvalue weighted by atomic mass is 9.91. The number of methoxy groups -OCH3 is 1. The van der Waals surface area contributed by atoms with Crippen molar-refractivity contribution in [2.24, 2.45) is 5.92 Å². The summed E-state index contributed by atoms with van der Waals surface area (Å²) in [4.78, 5) is 12.4. The number of hydrogen-bond acceptors (Lipinski definition) is 2. The fourth-order valence-corrected chi connectivity index (χ4v) is 3.01. The van der Waals surface area contributed by atoms with Gasteiger partial charge in [0.2, 0.25) is 0 Å². The highest BCUT2D eigenvalue weighted by Gasteiger charge is 2.21. The van der Waals surface area contributed by atoms with E-state index in [0.29, 0.717) is 17.2 Å². The Morgan fingerprint density at radius 3 is 2.58 bits per heavy atom. The van der Waals surface area contributed by atoms with Crippen LogP contribution >= 0.6 is 11.6 Å². The van der Waals surface area contributed by atoms with E-state index in [1.165, 1.54) is 25.7 Å². The number of Topliss-reactive ketones (excluding diaryl/α,β-unsaturated/α-hetero) is 1. The third-order valence-electron chi connectivity index (χ3n) is 3.92. The molecule has 0 heterocycles. The zero-order chi connectivity index (χ0) is 13.7. The fourth-order valence-electron chi connectivity index (χ4n) is 2.82. The molecule has 0 bridgehead atoms. The van der Waals surface area contributed by atoms with Crippen molar-refractivity contribution in [3.63, 3.8) is 0 Å². The summed E-state index contributed by atoms with van der Waals surface area (Å²) in [7, 11) is 1.63. The van der Waals surface area contributed by atoms with Crippen molar-refractivity contribution in [3.05, 3.63) is 28.8 Å². The first-order chi connectivity index (χ1) is 9.20. The third-order valence-corrected chi connectivity index (χ3v) is 4.15. The lowest BCUT2D eigenvalue weighted by molar-refractivity contribution is -0.122. The maximum atomic E-state index is 12.4. The summed E-state index contributed by atoms with van der Waals surface area (Å²) in [6, 6.07) is 5.47. The Morgan fingerprint density at radius 1 is 1.26 bits per heavy atom. The molecule has 0 amide bonds. The number of rotatable bonds is 4. The van der Waals surface area contributed by atoms with Crippen molar-refractivity contribution in [3.8, 4) is 5.75 Å². The molecular formula is C16H21ClO2. The molecule has 0 atom stereocenters. The van der Waals surface area contributed by atoms with E-state index in [9.17, 15) is 4.79 Å². The average molecular weight is 281 g/mol. The van der Waals surface area contributed by atoms with E-state index in [4.69, 9.17) is 16.3 Å². The van der Waals surface area contributed by atoms with Gasteiger partial charge < -0.3 is 4.74 Å². The maximum Gasteiger partial charge on any atom is 0.140 e. The summed E-state index contributed by atoms with van der Waals surface area (Å²) in [5, 5.41) is 0.657. The SMILES string of the molecule is COc1ccc(Cl)cc1CC(=O)C1CCCCCC1. The van der Waals surface area contributed by atoms with Gasteiger partial charge in [-0.15, -0.1) is 0 Å². The fraction of sp³-hybridized carbons (Fsp3) is 0.562. The molecule has 0 spiro atoms. The van der Waals surface area contributed by atoms with Gasteiger partial charge in [0.1, 0.15) is 11.5 Å². The Bertz CT molecular complexity index is 434. The zero-order valence-corrected chi connectivity index (χ0v) is 12.2. The van der Waals surface area contributed by atoms with Crippen LogP contribution in [0.5, 0.6) is 5.75 Å². The van der Waals surface area contributed by atoms with Gasteiger partial charge in [0.15, 0.2) is 0 Å². The van der Waals surface area contributed by atoms with Crippen LogP contribution in [0.15, 0.2) is 18.2 Å². The molecule has 1 saturated carbocycles. The Hall–Kier alpha value is -1.02. The van der Waals surface area contributed by atoms with Crippen LogP contribution in [-0.2, 0) is 11.2 Å². The van der Waals surface area contributed by atoms with Crippen LogP contribution in [0.4, 0.5) is 0 Å². The van der Waals surface area contributed by atoms with E-state index in [0.717, 1.165) is 24.2 Å². The normalized spacial score (nSPS) is 16.9. The monoisotopic (exact) mass is 280 g/mol. The van der Waals surface area contributed by atoms with Crippen LogP contribution < -0.4 is 4.74 Å². The molecule has 0 unspecified atom stereocenters. The van der Waals surface area contributed by atoms with Crippen molar-refractivity contribution in [1.29, 1.82) is 0 Å². The molecule has 2 nitrogen and oxygen atoms in total. The predicted octanol–water partition coefficient (Wildman–Crippen LogP) is 4.43. The molecule has 0 aromatic heterocycles. The average Bonchev–Trinajstić information content (AvgIpc) is 2.68. The summed E-state index contributed by atoms with van der Waals surface area (Å²) in [6.45, 7) is 0. The Balaban J connectivity index is 2.07. The molecule has 2 rings (SSSR count). The second-order valence-electron chi connectivity index (χ2n) is 5.29. The van der Waals surface area contributed by atoms with E-state index >= 15 is 0 Å². The second kappa shape index (κ2) is 6.95. The first-order valence-electron chi connectivity index (χ1n) is 7.06. The summed E-state index contributed by atoms with van der Waals surface area (Å²) >= 11 is 6.00. The lowest BCUT2D eigenvalue weighted by Gasteiger charge is -2.14. The van der Waals surface area contributed by atoms with Crippen molar-refractivity contribution >= 4 is 17.4 Å². The molecule has 0 saturated heterocycles. The molecule has 19 heavy (non-hydrogen) atoms. The number of halogens is 1. The number of hydrogen-bond donors (Lipinski definition) is 0. The standard InChI is InChI=1S/C16H21ClO2/c1-19-16-9-8-14(17)10-13(16)11-15(18)12-6-4-2-3-5-7-12/h8-10,12H,2-7,11H2,1H3. The molecular weight excluding hydrogens is 260 g/mol. The van der Waals surface area contributed by atoms with E-state index < -0.39 is 0 Å². The highest BCUT2D eigenvalue weighted by Crippen LogP contribution is 2.28. The van der Waals surface area contributed by atoms with Crippen molar-refractivity contribution in [1.82, 2.24) is 0 Å². The summed E-state index contributed by atoms with van der Waals surface area (Å²) in [5.41, 5.74) is 0.907. The molecule has 1 aromatic carbocycles. The van der Waals surface area contributed by atoms with Gasteiger partial charge in [-0.25, -0.2) is 0 Å². The third kappa shape index (κ3) is 3.97. The van der Waals surface area contributed by atoms with E-state index in [-0.39, 0.29) is 5.92 Å². The molecule has 0 N–H and O–H groups in total. The summed E-state index contributed by atoms with van der Waals surface area (Å²) in [6.07, 6.45) is 7.43. The van der Waals surface area contributed by atoms with Gasteiger partial charge in [-0.1, -0.05) is 37.3 Å². The number of ketones is 1. The van der Waals surface area contributed by atoms with Crippen molar-refractivity contribution in [2.45, 2.75) is 44.9 Å². The number of ether oxygens (including phenoxy) is 1. The molecule has 104 valence electrons. The van der Waals surface area contributed by atoms with Crippen LogP contribution in [0.25, 0.3) is 0 Å². The van der Waals surface area contributed by atoms with E-state index in [1.807, 2.05) is 12.1 Å². The summed E-state index contributed by atoms with van der Waals surface area (Å²) in [5.74, 6) is 1.32. The van der Waals surface area contributed by atoms with Crippen LogP contribution in [0.3, 0.4) is 0 Å². The van der Waals surface area contributed by atoms with Crippen molar-refractivity contribution in [2.75, 3.05) is 7.11 Å².